The van der Waals surface area contributed by atoms with Gasteiger partial charge in [0.25, 0.3) is 0 Å². The summed E-state index contributed by atoms with van der Waals surface area (Å²) < 4.78 is 24.5. The highest BCUT2D eigenvalue weighted by Gasteiger charge is 2.50. The maximum absolute atomic E-state index is 13.4. The van der Waals surface area contributed by atoms with Gasteiger partial charge in [-0.3, -0.25) is 0 Å². The van der Waals surface area contributed by atoms with Gasteiger partial charge >= 0.3 is 0 Å². The van der Waals surface area contributed by atoms with Gasteiger partial charge in [0.15, 0.2) is 11.6 Å². The van der Waals surface area contributed by atoms with E-state index in [1.165, 1.54) is 24.5 Å². The van der Waals surface area contributed by atoms with Crippen molar-refractivity contribution in [2.75, 3.05) is 32.9 Å². The number of aliphatic hydroxyl groups excluding tert-OH is 1. The molecule has 1 saturated carbocycles. The average molecular weight is 364 g/mol. The normalized spacial score (nSPS) is 24.5. The second kappa shape index (κ2) is 8.51. The molecule has 0 heterocycles. The lowest BCUT2D eigenvalue weighted by Crippen LogP contribution is -2.87. The van der Waals surface area contributed by atoms with Crippen LogP contribution in [0, 0.1) is 23.1 Å². The van der Waals surface area contributed by atoms with Gasteiger partial charge < -0.3 is 19.9 Å². The molecule has 0 spiro atoms. The standard InChI is InChI=1S/C21H30FNO3/c1-21(2)16-8-7-15(18(21)11-16)13-25-14-17(24)12-23-9-10-26-20-6-4-3-5-19(20)22/h3-7,16-18,23-24H,8-14H2,1-2H3/p+1/t16-,17-,18-/m1/s1. The number of halogens is 1. The van der Waals surface area contributed by atoms with E-state index in [-0.39, 0.29) is 11.6 Å². The zero-order valence-corrected chi connectivity index (χ0v) is 15.8. The summed E-state index contributed by atoms with van der Waals surface area (Å²) in [7, 11) is 0. The van der Waals surface area contributed by atoms with Gasteiger partial charge in [-0.2, -0.15) is 0 Å². The lowest BCUT2D eigenvalue weighted by molar-refractivity contribution is -0.661. The first-order chi connectivity index (χ1) is 12.5. The van der Waals surface area contributed by atoms with Crippen molar-refractivity contribution >= 4 is 0 Å². The number of ether oxygens (including phenoxy) is 2. The number of quaternary nitrogens is 1. The molecule has 3 aliphatic carbocycles. The summed E-state index contributed by atoms with van der Waals surface area (Å²) in [6.45, 7) is 7.30. The number of allylic oxidation sites excluding steroid dienone is 1. The number of para-hydroxylation sites is 1. The predicted molar refractivity (Wildman–Crippen MR) is 98.5 cm³/mol. The van der Waals surface area contributed by atoms with Crippen molar-refractivity contribution in [1.29, 1.82) is 0 Å². The number of hydrogen-bond donors (Lipinski definition) is 2. The number of aliphatic hydroxyl groups is 1. The molecule has 3 aliphatic rings. The van der Waals surface area contributed by atoms with Gasteiger partial charge in [-0.25, -0.2) is 4.39 Å². The molecule has 1 aromatic carbocycles. The van der Waals surface area contributed by atoms with Crippen molar-refractivity contribution in [3.8, 4) is 5.75 Å². The largest absolute Gasteiger partial charge is 0.485 e. The molecular weight excluding hydrogens is 333 g/mol. The molecule has 5 heteroatoms. The molecule has 1 fully saturated rings. The van der Waals surface area contributed by atoms with Crippen LogP contribution in [-0.4, -0.2) is 44.1 Å². The molecule has 4 rings (SSSR count). The Balaban J connectivity index is 1.25. The van der Waals surface area contributed by atoms with Crippen LogP contribution in [0.2, 0.25) is 0 Å². The molecule has 3 N–H and O–H groups in total. The van der Waals surface area contributed by atoms with Gasteiger partial charge in [-0.1, -0.05) is 32.1 Å². The fourth-order valence-electron chi connectivity index (χ4n) is 4.15. The molecule has 2 bridgehead atoms. The van der Waals surface area contributed by atoms with Crippen molar-refractivity contribution in [3.63, 3.8) is 0 Å². The van der Waals surface area contributed by atoms with E-state index in [1.807, 2.05) is 5.32 Å². The Morgan fingerprint density at radius 2 is 2.15 bits per heavy atom. The molecule has 3 atom stereocenters. The molecule has 0 unspecified atom stereocenters. The molecule has 144 valence electrons. The summed E-state index contributed by atoms with van der Waals surface area (Å²) in [5.41, 5.74) is 1.82. The topological polar surface area (TPSA) is 55.3 Å². The molecule has 0 saturated heterocycles. The van der Waals surface area contributed by atoms with Crippen molar-refractivity contribution < 1.29 is 24.3 Å². The average Bonchev–Trinajstić information content (AvgIpc) is 2.63. The van der Waals surface area contributed by atoms with Crippen LogP contribution in [0.15, 0.2) is 35.9 Å². The summed E-state index contributed by atoms with van der Waals surface area (Å²) in [5, 5.41) is 12.0. The van der Waals surface area contributed by atoms with Crippen molar-refractivity contribution in [3.05, 3.63) is 41.7 Å². The molecule has 26 heavy (non-hydrogen) atoms. The molecule has 0 amide bonds. The van der Waals surface area contributed by atoms with E-state index in [0.29, 0.717) is 44.2 Å². The van der Waals surface area contributed by atoms with Crippen molar-refractivity contribution in [2.45, 2.75) is 32.8 Å². The minimum Gasteiger partial charge on any atom is -0.485 e. The van der Waals surface area contributed by atoms with Crippen LogP contribution in [0.4, 0.5) is 4.39 Å². The van der Waals surface area contributed by atoms with Crippen LogP contribution in [-0.2, 0) is 4.74 Å². The summed E-state index contributed by atoms with van der Waals surface area (Å²) >= 11 is 0. The van der Waals surface area contributed by atoms with Gasteiger partial charge in [0.2, 0.25) is 0 Å². The first-order valence-electron chi connectivity index (χ1n) is 9.62. The van der Waals surface area contributed by atoms with Crippen LogP contribution in [0.25, 0.3) is 0 Å². The van der Waals surface area contributed by atoms with Gasteiger partial charge in [-0.05, 0) is 47.8 Å². The first-order valence-corrected chi connectivity index (χ1v) is 9.62. The third-order valence-corrected chi connectivity index (χ3v) is 6.02. The molecular formula is C21H31FNO3+. The van der Waals surface area contributed by atoms with Crippen LogP contribution in [0.1, 0.15) is 26.7 Å². The van der Waals surface area contributed by atoms with E-state index in [2.05, 4.69) is 19.9 Å². The minimum atomic E-state index is -0.505. The highest BCUT2D eigenvalue weighted by molar-refractivity contribution is 5.24. The molecule has 0 aromatic heterocycles. The molecule has 4 nitrogen and oxygen atoms in total. The Bertz CT molecular complexity index is 631. The fraction of sp³-hybridized carbons (Fsp3) is 0.619. The Morgan fingerprint density at radius 3 is 2.88 bits per heavy atom. The Hall–Kier alpha value is -1.43. The number of fused-ring (bicyclic) bond motifs is 1. The van der Waals surface area contributed by atoms with Gasteiger partial charge in [0.05, 0.1) is 13.2 Å². The minimum absolute atomic E-state index is 0.270. The number of nitrogens with two attached hydrogens (primary N) is 1. The second-order valence-corrected chi connectivity index (χ2v) is 8.08. The quantitative estimate of drug-likeness (QED) is 0.494. The van der Waals surface area contributed by atoms with Crippen molar-refractivity contribution in [2.24, 2.45) is 17.3 Å². The third-order valence-electron chi connectivity index (χ3n) is 6.02. The van der Waals surface area contributed by atoms with Crippen molar-refractivity contribution in [1.82, 2.24) is 0 Å². The summed E-state index contributed by atoms with van der Waals surface area (Å²) in [5.74, 6) is 1.41. The van der Waals surface area contributed by atoms with E-state index in [0.717, 1.165) is 5.92 Å². The Kier molecular flexibility index (Phi) is 6.33. The predicted octanol–water partition coefficient (Wildman–Crippen LogP) is 2.14. The molecule has 0 aliphatic heterocycles. The second-order valence-electron chi connectivity index (χ2n) is 8.08. The Morgan fingerprint density at radius 1 is 1.35 bits per heavy atom. The smallest absolute Gasteiger partial charge is 0.165 e. The Labute approximate surface area is 155 Å². The van der Waals surface area contributed by atoms with E-state index >= 15 is 0 Å². The molecule has 1 aromatic rings. The summed E-state index contributed by atoms with van der Waals surface area (Å²) in [4.78, 5) is 0. The van der Waals surface area contributed by atoms with Gasteiger partial charge in [0.1, 0.15) is 25.8 Å². The molecule has 0 radical (unpaired) electrons. The summed E-state index contributed by atoms with van der Waals surface area (Å²) in [6.07, 6.45) is 4.29. The third kappa shape index (κ3) is 4.45. The lowest BCUT2D eigenvalue weighted by Gasteiger charge is -2.56. The number of benzene rings is 1. The van der Waals surface area contributed by atoms with E-state index in [4.69, 9.17) is 9.47 Å². The SMILES string of the molecule is CC1(C)[C@@H]2CC=C(COC[C@H](O)C[NH2+]CCOc3ccccc3F)[C@H]1C2. The van der Waals surface area contributed by atoms with E-state index in [9.17, 15) is 9.50 Å². The first kappa shape index (κ1) is 19.3. The van der Waals surface area contributed by atoms with E-state index < -0.39 is 6.10 Å². The van der Waals surface area contributed by atoms with Gasteiger partial charge in [0, 0.05) is 0 Å². The van der Waals surface area contributed by atoms with Crippen LogP contribution < -0.4 is 10.1 Å². The van der Waals surface area contributed by atoms with Gasteiger partial charge in [-0.15, -0.1) is 0 Å². The van der Waals surface area contributed by atoms with Crippen LogP contribution in [0.5, 0.6) is 5.75 Å². The van der Waals surface area contributed by atoms with Crippen LogP contribution >= 0.6 is 0 Å². The number of hydrogen-bond acceptors (Lipinski definition) is 3. The maximum atomic E-state index is 13.4. The zero-order chi connectivity index (χ0) is 18.6. The zero-order valence-electron chi connectivity index (χ0n) is 15.8. The maximum Gasteiger partial charge on any atom is 0.165 e. The highest BCUT2D eigenvalue weighted by atomic mass is 19.1. The van der Waals surface area contributed by atoms with E-state index in [1.54, 1.807) is 18.2 Å². The number of rotatable bonds is 10. The fourth-order valence-corrected chi connectivity index (χ4v) is 4.15. The lowest BCUT2D eigenvalue weighted by atomic mass is 9.49. The highest BCUT2D eigenvalue weighted by Crippen LogP contribution is 2.59. The monoisotopic (exact) mass is 364 g/mol. The summed E-state index contributed by atoms with van der Waals surface area (Å²) in [6, 6.07) is 6.38. The van der Waals surface area contributed by atoms with Crippen LogP contribution in [0.3, 0.4) is 0 Å².